The van der Waals surface area contributed by atoms with Crippen molar-refractivity contribution in [3.63, 3.8) is 0 Å². The fourth-order valence-electron chi connectivity index (χ4n) is 1.36. The first-order valence-electron chi connectivity index (χ1n) is 4.39. The molecule has 0 spiro atoms. The quantitative estimate of drug-likeness (QED) is 0.459. The maximum atomic E-state index is 13.6. The highest BCUT2D eigenvalue weighted by Gasteiger charge is 2.43. The third-order valence-electron chi connectivity index (χ3n) is 1.55. The maximum Gasteiger partial charge on any atom is 0.519 e. The first-order valence-corrected chi connectivity index (χ1v) is 13.2. The lowest BCUT2D eigenvalue weighted by Gasteiger charge is -2.36. The van der Waals surface area contributed by atoms with Crippen LogP contribution in [0.1, 0.15) is 0 Å². The molecule has 1 fully saturated rings. The molecule has 0 N–H and O–H groups in total. The Hall–Kier alpha value is 0.702. The van der Waals surface area contributed by atoms with E-state index in [2.05, 4.69) is 0 Å². The molecule has 0 bridgehead atoms. The zero-order valence-electron chi connectivity index (χ0n) is 8.74. The molecule has 0 aliphatic carbocycles. The van der Waals surface area contributed by atoms with Crippen molar-refractivity contribution in [1.29, 1.82) is 0 Å². The van der Waals surface area contributed by atoms with Crippen molar-refractivity contribution in [2.75, 3.05) is 0 Å². The highest BCUT2D eigenvalue weighted by atomic mass is 28.5. The monoisotopic (exact) mass is 268 g/mol. The first-order chi connectivity index (χ1) is 6.20. The van der Waals surface area contributed by atoms with E-state index in [1.165, 1.54) is 6.55 Å². The molecule has 1 aliphatic rings. The van der Waals surface area contributed by atoms with Gasteiger partial charge in [-0.05, 0) is 19.6 Å². The van der Waals surface area contributed by atoms with Crippen LogP contribution >= 0.6 is 0 Å². The summed E-state index contributed by atoms with van der Waals surface area (Å²) < 4.78 is 34.9. The van der Waals surface area contributed by atoms with Crippen molar-refractivity contribution >= 4 is 43.3 Å². The molecule has 1 aliphatic heterocycles. The van der Waals surface area contributed by atoms with Crippen molar-refractivity contribution in [2.24, 2.45) is 0 Å². The lowest BCUT2D eigenvalue weighted by atomic mass is 10.8. The summed E-state index contributed by atoms with van der Waals surface area (Å²) >= 11 is 0. The van der Waals surface area contributed by atoms with Crippen LogP contribution < -0.4 is 0 Å². The third kappa shape index (κ3) is 4.06. The van der Waals surface area contributed by atoms with Gasteiger partial charge >= 0.3 is 27.5 Å². The van der Waals surface area contributed by atoms with Gasteiger partial charge in [-0.2, -0.15) is 0 Å². The van der Waals surface area contributed by atoms with E-state index < -0.39 is 35.9 Å². The molecule has 0 aromatic carbocycles. The Morgan fingerprint density at radius 3 is 1.71 bits per heavy atom. The molecule has 2 unspecified atom stereocenters. The molecule has 2 atom stereocenters. The first kappa shape index (κ1) is 12.8. The summed E-state index contributed by atoms with van der Waals surface area (Å²) in [4.78, 5) is 0. The highest BCUT2D eigenvalue weighted by Crippen LogP contribution is 2.19. The lowest BCUT2D eigenvalue weighted by molar-refractivity contribution is 0.236. The summed E-state index contributed by atoms with van der Waals surface area (Å²) in [6.45, 7) is 6.53. The minimum atomic E-state index is -3.52. The van der Waals surface area contributed by atoms with Crippen molar-refractivity contribution in [2.45, 2.75) is 26.2 Å². The molecule has 0 aromatic heterocycles. The predicted octanol–water partition coefficient (Wildman–Crippen LogP) is 0.0424. The van der Waals surface area contributed by atoms with Crippen molar-refractivity contribution in [3.05, 3.63) is 0 Å². The lowest BCUT2D eigenvalue weighted by Crippen LogP contribution is -2.57. The van der Waals surface area contributed by atoms with Gasteiger partial charge in [-0.3, -0.25) is 0 Å². The van der Waals surface area contributed by atoms with Crippen LogP contribution in [0.25, 0.3) is 0 Å². The SMILES string of the molecule is [B][Si]1(C)O[SiH](C)O[Si](C)(F)O[SiH](C)O1. The van der Waals surface area contributed by atoms with Crippen molar-refractivity contribution < 1.29 is 20.6 Å². The van der Waals surface area contributed by atoms with E-state index in [1.807, 2.05) is 0 Å². The molecule has 14 heavy (non-hydrogen) atoms. The molecule has 2 radical (unpaired) electrons. The third-order valence-corrected chi connectivity index (χ3v) is 14.0. The number of hydrogen-bond donors (Lipinski definition) is 0. The highest BCUT2D eigenvalue weighted by molar-refractivity contribution is 7.12. The van der Waals surface area contributed by atoms with E-state index in [9.17, 15) is 4.11 Å². The van der Waals surface area contributed by atoms with Gasteiger partial charge in [-0.25, -0.2) is 4.11 Å². The average Bonchev–Trinajstić information content (AvgIpc) is 1.74. The minimum absolute atomic E-state index is 1.35. The second-order valence-corrected chi connectivity index (χ2v) is 13.2. The van der Waals surface area contributed by atoms with E-state index in [1.54, 1.807) is 19.6 Å². The molecule has 1 heterocycles. The number of hydrogen-bond acceptors (Lipinski definition) is 4. The summed E-state index contributed by atoms with van der Waals surface area (Å²) in [6.07, 6.45) is 0. The van der Waals surface area contributed by atoms with Gasteiger partial charge in [0.1, 0.15) is 7.44 Å². The van der Waals surface area contributed by atoms with Crippen LogP contribution in [0.15, 0.2) is 0 Å². The van der Waals surface area contributed by atoms with Crippen LogP contribution in [0.2, 0.25) is 26.2 Å². The van der Waals surface area contributed by atoms with E-state index in [-0.39, 0.29) is 0 Å². The molecule has 0 amide bonds. The standard InChI is InChI=1S/C4H14BFO4Si4/c1-11-7-13(3,5)8-12(2)10-14(4,6)9-11/h11-12H,1-4H3. The zero-order chi connectivity index (χ0) is 11.0. The number of halogens is 1. The van der Waals surface area contributed by atoms with Gasteiger partial charge in [0.05, 0.1) is 0 Å². The number of rotatable bonds is 0. The molecule has 0 saturated carbocycles. The van der Waals surface area contributed by atoms with Gasteiger partial charge in [-0.15, -0.1) is 0 Å². The van der Waals surface area contributed by atoms with E-state index in [4.69, 9.17) is 23.9 Å². The van der Waals surface area contributed by atoms with Crippen LogP contribution in [0.3, 0.4) is 0 Å². The molecule has 0 aromatic rings. The van der Waals surface area contributed by atoms with Gasteiger partial charge in [0, 0.05) is 6.55 Å². The second kappa shape index (κ2) is 4.29. The van der Waals surface area contributed by atoms with E-state index in [0.717, 1.165) is 0 Å². The predicted molar refractivity (Wildman–Crippen MR) is 60.5 cm³/mol. The molecule has 1 saturated heterocycles. The Labute approximate surface area is 90.4 Å². The second-order valence-electron chi connectivity index (χ2n) is 3.46. The fraction of sp³-hybridized carbons (Fsp3) is 1.00. The summed E-state index contributed by atoms with van der Waals surface area (Å²) in [5.41, 5.74) is 0. The van der Waals surface area contributed by atoms with Crippen LogP contribution in [0.5, 0.6) is 0 Å². The van der Waals surface area contributed by atoms with E-state index >= 15 is 0 Å². The maximum absolute atomic E-state index is 13.6. The summed E-state index contributed by atoms with van der Waals surface area (Å²) in [7, 11) is -4.44. The topological polar surface area (TPSA) is 36.9 Å². The fourth-order valence-corrected chi connectivity index (χ4v) is 14.1. The van der Waals surface area contributed by atoms with E-state index in [0.29, 0.717) is 0 Å². The Morgan fingerprint density at radius 1 is 1.00 bits per heavy atom. The largest absolute Gasteiger partial charge is 0.519 e. The van der Waals surface area contributed by atoms with Crippen LogP contribution in [0.4, 0.5) is 4.11 Å². The van der Waals surface area contributed by atoms with Crippen molar-refractivity contribution in [1.82, 2.24) is 0 Å². The van der Waals surface area contributed by atoms with Gasteiger partial charge in [0.2, 0.25) is 0 Å². The van der Waals surface area contributed by atoms with Gasteiger partial charge in [-0.1, -0.05) is 0 Å². The minimum Gasteiger partial charge on any atom is -0.424 e. The van der Waals surface area contributed by atoms with Crippen LogP contribution in [-0.2, 0) is 16.5 Å². The average molecular weight is 268 g/mol. The molecule has 1 rings (SSSR count). The molecule has 4 nitrogen and oxygen atoms in total. The van der Waals surface area contributed by atoms with Gasteiger partial charge < -0.3 is 16.5 Å². The van der Waals surface area contributed by atoms with Gasteiger partial charge in [0.15, 0.2) is 0 Å². The molecular formula is C4H14BFO4Si4. The Kier molecular flexibility index (Phi) is 3.91. The van der Waals surface area contributed by atoms with Crippen LogP contribution in [0, 0.1) is 0 Å². The van der Waals surface area contributed by atoms with Crippen molar-refractivity contribution in [3.8, 4) is 0 Å². The summed E-state index contributed by atoms with van der Waals surface area (Å²) in [6, 6.07) is 0. The molecule has 10 heteroatoms. The zero-order valence-corrected chi connectivity index (χ0v) is 13.1. The smallest absolute Gasteiger partial charge is 0.424 e. The Bertz CT molecular complexity index is 180. The Balaban J connectivity index is 2.71. The van der Waals surface area contributed by atoms with Crippen LogP contribution in [-0.4, -0.2) is 43.3 Å². The molecular weight excluding hydrogens is 254 g/mol. The summed E-state index contributed by atoms with van der Waals surface area (Å²) in [5, 5.41) is 0. The Morgan fingerprint density at radius 2 is 1.36 bits per heavy atom. The summed E-state index contributed by atoms with van der Waals surface area (Å²) in [5.74, 6) is 0. The van der Waals surface area contributed by atoms with Gasteiger partial charge in [0.25, 0.3) is 8.43 Å². The molecule has 80 valence electrons. The normalized spacial score (nSPS) is 50.9.